The Balaban J connectivity index is 2.35. The second-order valence-electron chi connectivity index (χ2n) is 4.10. The number of benzene rings is 2. The van der Waals surface area contributed by atoms with E-state index in [4.69, 9.17) is 34.2 Å². The number of hydrogen-bond donors (Lipinski definition) is 2. The van der Waals surface area contributed by atoms with Crippen LogP contribution in [0.25, 0.3) is 0 Å². The summed E-state index contributed by atoms with van der Waals surface area (Å²) in [5, 5.41) is 9.00. The highest BCUT2D eigenvalue weighted by atomic mass is 35.5. The van der Waals surface area contributed by atoms with E-state index in [1.165, 1.54) is 36.4 Å². The molecular formula is C13H9Cl2N3O2S. The predicted molar refractivity (Wildman–Crippen MR) is 82.8 cm³/mol. The Labute approximate surface area is 132 Å². The fraction of sp³-hybridized carbons (Fsp3) is 0. The van der Waals surface area contributed by atoms with Gasteiger partial charge in [0.25, 0.3) is 10.0 Å². The molecule has 0 spiro atoms. The summed E-state index contributed by atoms with van der Waals surface area (Å²) >= 11 is 11.7. The maximum Gasteiger partial charge on any atom is 0.261 e. The van der Waals surface area contributed by atoms with E-state index in [9.17, 15) is 8.42 Å². The first-order valence-electron chi connectivity index (χ1n) is 5.61. The molecule has 0 amide bonds. The van der Waals surface area contributed by atoms with Gasteiger partial charge in [-0.25, -0.2) is 8.42 Å². The molecule has 0 saturated carbocycles. The number of sulfonamides is 1. The second-order valence-corrected chi connectivity index (χ2v) is 6.59. The summed E-state index contributed by atoms with van der Waals surface area (Å²) in [6, 6.07) is 10.1. The molecule has 2 aromatic carbocycles. The maximum absolute atomic E-state index is 12.2. The van der Waals surface area contributed by atoms with Crippen molar-refractivity contribution in [1.82, 2.24) is 0 Å². The van der Waals surface area contributed by atoms with Crippen molar-refractivity contribution in [3.8, 4) is 6.07 Å². The Bertz CT molecular complexity index is 804. The maximum atomic E-state index is 12.2. The Kier molecular flexibility index (Phi) is 4.28. The number of nitrogens with zero attached hydrogens (tertiary/aromatic N) is 1. The lowest BCUT2D eigenvalue weighted by atomic mass is 10.2. The highest BCUT2D eigenvalue weighted by Gasteiger charge is 2.15. The van der Waals surface area contributed by atoms with Crippen molar-refractivity contribution in [2.24, 2.45) is 0 Å². The number of halogens is 2. The van der Waals surface area contributed by atoms with Crippen molar-refractivity contribution < 1.29 is 8.42 Å². The van der Waals surface area contributed by atoms with Crippen molar-refractivity contribution in [2.45, 2.75) is 4.90 Å². The minimum absolute atomic E-state index is 0.0190. The van der Waals surface area contributed by atoms with Crippen LogP contribution >= 0.6 is 23.2 Å². The Hall–Kier alpha value is -1.94. The van der Waals surface area contributed by atoms with E-state index < -0.39 is 10.0 Å². The number of rotatable bonds is 3. The molecule has 108 valence electrons. The standard InChI is InChI=1S/C13H9Cl2N3O2S/c14-11-5-9(6-12(15)13(11)17)18-21(19,20)10-3-1-8(7-16)2-4-10/h1-6,18H,17H2. The van der Waals surface area contributed by atoms with Gasteiger partial charge in [0.1, 0.15) is 0 Å². The third kappa shape index (κ3) is 3.39. The molecule has 3 N–H and O–H groups in total. The summed E-state index contributed by atoms with van der Waals surface area (Å²) in [4.78, 5) is 0.0190. The van der Waals surface area contributed by atoms with Crippen molar-refractivity contribution in [3.05, 3.63) is 52.0 Å². The van der Waals surface area contributed by atoms with E-state index in [2.05, 4.69) is 4.72 Å². The van der Waals surface area contributed by atoms with E-state index >= 15 is 0 Å². The summed E-state index contributed by atoms with van der Waals surface area (Å²) in [5.41, 5.74) is 6.33. The van der Waals surface area contributed by atoms with Crippen LogP contribution in [0.15, 0.2) is 41.3 Å². The number of nitriles is 1. The summed E-state index contributed by atoms with van der Waals surface area (Å²) < 4.78 is 26.7. The van der Waals surface area contributed by atoms with Gasteiger partial charge in [0, 0.05) is 0 Å². The van der Waals surface area contributed by atoms with Gasteiger partial charge in [-0.1, -0.05) is 23.2 Å². The van der Waals surface area contributed by atoms with E-state index in [1.807, 2.05) is 6.07 Å². The first kappa shape index (κ1) is 15.4. The normalized spacial score (nSPS) is 10.9. The third-order valence-corrected chi connectivity index (χ3v) is 4.65. The summed E-state index contributed by atoms with van der Waals surface area (Å²) in [7, 11) is -3.80. The van der Waals surface area contributed by atoms with Crippen molar-refractivity contribution >= 4 is 44.6 Å². The van der Waals surface area contributed by atoms with E-state index in [0.29, 0.717) is 5.56 Å². The van der Waals surface area contributed by atoms with Gasteiger partial charge < -0.3 is 5.73 Å². The lowest BCUT2D eigenvalue weighted by molar-refractivity contribution is 0.601. The molecule has 0 atom stereocenters. The van der Waals surface area contributed by atoms with E-state index in [-0.39, 0.29) is 26.3 Å². The molecule has 0 bridgehead atoms. The average Bonchev–Trinajstić information content (AvgIpc) is 2.44. The molecule has 0 aliphatic heterocycles. The molecule has 0 radical (unpaired) electrons. The number of nitrogens with two attached hydrogens (primary N) is 1. The van der Waals surface area contributed by atoms with Gasteiger partial charge in [0.2, 0.25) is 0 Å². The van der Waals surface area contributed by atoms with Crippen molar-refractivity contribution in [1.29, 1.82) is 5.26 Å². The number of nitrogens with one attached hydrogen (secondary N) is 1. The van der Waals surface area contributed by atoms with Gasteiger partial charge in [-0.3, -0.25) is 4.72 Å². The molecule has 8 heteroatoms. The molecule has 2 aromatic rings. The number of nitrogen functional groups attached to an aromatic ring is 1. The molecule has 0 saturated heterocycles. The average molecular weight is 342 g/mol. The quantitative estimate of drug-likeness (QED) is 0.837. The molecule has 2 rings (SSSR count). The van der Waals surface area contributed by atoms with Crippen LogP contribution in [0, 0.1) is 11.3 Å². The minimum Gasteiger partial charge on any atom is -0.396 e. The lowest BCUT2D eigenvalue weighted by Crippen LogP contribution is -2.13. The zero-order valence-corrected chi connectivity index (χ0v) is 12.8. The molecule has 0 heterocycles. The zero-order chi connectivity index (χ0) is 15.6. The van der Waals surface area contributed by atoms with Crippen LogP contribution in [-0.4, -0.2) is 8.42 Å². The molecular weight excluding hydrogens is 333 g/mol. The Morgan fingerprint density at radius 3 is 2.10 bits per heavy atom. The van der Waals surface area contributed by atoms with Gasteiger partial charge in [-0.15, -0.1) is 0 Å². The topological polar surface area (TPSA) is 96.0 Å². The minimum atomic E-state index is -3.80. The molecule has 5 nitrogen and oxygen atoms in total. The zero-order valence-electron chi connectivity index (χ0n) is 10.5. The van der Waals surface area contributed by atoms with Gasteiger partial charge in [0.15, 0.2) is 0 Å². The van der Waals surface area contributed by atoms with E-state index in [1.54, 1.807) is 0 Å². The van der Waals surface area contributed by atoms with E-state index in [0.717, 1.165) is 0 Å². The van der Waals surface area contributed by atoms with Crippen molar-refractivity contribution in [2.75, 3.05) is 10.5 Å². The van der Waals surface area contributed by atoms with Gasteiger partial charge in [-0.2, -0.15) is 5.26 Å². The van der Waals surface area contributed by atoms with Crippen LogP contribution in [0.4, 0.5) is 11.4 Å². The SMILES string of the molecule is N#Cc1ccc(S(=O)(=O)Nc2cc(Cl)c(N)c(Cl)c2)cc1. The summed E-state index contributed by atoms with van der Waals surface area (Å²) in [5.74, 6) is 0. The first-order chi connectivity index (χ1) is 9.83. The highest BCUT2D eigenvalue weighted by Crippen LogP contribution is 2.32. The Morgan fingerprint density at radius 1 is 1.10 bits per heavy atom. The molecule has 0 aliphatic rings. The molecule has 0 fully saturated rings. The summed E-state index contributed by atoms with van der Waals surface area (Å²) in [6.45, 7) is 0. The van der Waals surface area contributed by atoms with Crippen LogP contribution in [-0.2, 0) is 10.0 Å². The molecule has 0 aliphatic carbocycles. The fourth-order valence-corrected chi connectivity index (χ4v) is 3.09. The van der Waals surface area contributed by atoms with Gasteiger partial charge in [0.05, 0.1) is 37.9 Å². The van der Waals surface area contributed by atoms with Crippen LogP contribution < -0.4 is 10.5 Å². The molecule has 0 aromatic heterocycles. The van der Waals surface area contributed by atoms with Gasteiger partial charge in [-0.05, 0) is 36.4 Å². The third-order valence-electron chi connectivity index (χ3n) is 2.62. The fourth-order valence-electron chi connectivity index (χ4n) is 1.57. The van der Waals surface area contributed by atoms with Crippen LogP contribution in [0.3, 0.4) is 0 Å². The van der Waals surface area contributed by atoms with Gasteiger partial charge >= 0.3 is 0 Å². The predicted octanol–water partition coefficient (Wildman–Crippen LogP) is 3.25. The number of hydrogen-bond acceptors (Lipinski definition) is 4. The van der Waals surface area contributed by atoms with Crippen molar-refractivity contribution in [3.63, 3.8) is 0 Å². The monoisotopic (exact) mass is 341 g/mol. The summed E-state index contributed by atoms with van der Waals surface area (Å²) in [6.07, 6.45) is 0. The van der Waals surface area contributed by atoms with Crippen LogP contribution in [0.1, 0.15) is 5.56 Å². The molecule has 0 unspecified atom stereocenters. The van der Waals surface area contributed by atoms with Crippen LogP contribution in [0.2, 0.25) is 10.0 Å². The largest absolute Gasteiger partial charge is 0.396 e. The molecule has 21 heavy (non-hydrogen) atoms. The highest BCUT2D eigenvalue weighted by molar-refractivity contribution is 7.92. The lowest BCUT2D eigenvalue weighted by Gasteiger charge is -2.10. The van der Waals surface area contributed by atoms with Crippen LogP contribution in [0.5, 0.6) is 0 Å². The second kappa shape index (κ2) is 5.82. The Morgan fingerprint density at radius 2 is 1.62 bits per heavy atom. The number of anilines is 2. The first-order valence-corrected chi connectivity index (χ1v) is 7.85. The smallest absolute Gasteiger partial charge is 0.261 e.